The standard InChI is InChI=1S/C32H38N4O3S/c1-21-15-28(40-20-21)31(38)36(24-9-10-29(33-16-24)34-11-13-39-14-12-34)19-27-25-17-35(18-26(25)27)30(37)22-5-7-23(8-6-22)32(2,3)4/h5-10,15-16,20,25-27H,11-14,17-19H2,1-4H3. The molecule has 2 aliphatic heterocycles. The fourth-order valence-corrected chi connectivity index (χ4v) is 6.94. The van der Waals surface area contributed by atoms with Crippen molar-refractivity contribution in [1.82, 2.24) is 9.88 Å². The Kier molecular flexibility index (Phi) is 7.17. The van der Waals surface area contributed by atoms with Crippen molar-refractivity contribution >= 4 is 34.7 Å². The average Bonchev–Trinajstić information content (AvgIpc) is 3.26. The smallest absolute Gasteiger partial charge is 0.268 e. The van der Waals surface area contributed by atoms with Gasteiger partial charge in [0.15, 0.2) is 0 Å². The van der Waals surface area contributed by atoms with Crippen molar-refractivity contribution in [3.63, 3.8) is 0 Å². The van der Waals surface area contributed by atoms with Gasteiger partial charge in [-0.25, -0.2) is 4.98 Å². The molecule has 4 heterocycles. The number of piperidine rings is 1. The van der Waals surface area contributed by atoms with Crippen LogP contribution in [0.25, 0.3) is 0 Å². The molecule has 2 aromatic heterocycles. The lowest BCUT2D eigenvalue weighted by atomic mass is 9.86. The van der Waals surface area contributed by atoms with Crippen LogP contribution in [0.4, 0.5) is 11.5 Å². The molecule has 2 unspecified atom stereocenters. The molecule has 2 amide bonds. The number of likely N-dealkylation sites (tertiary alicyclic amines) is 1. The van der Waals surface area contributed by atoms with Gasteiger partial charge in [-0.2, -0.15) is 0 Å². The molecule has 2 atom stereocenters. The number of aromatic nitrogens is 1. The Morgan fingerprint density at radius 3 is 2.33 bits per heavy atom. The Bertz CT molecular complexity index is 1360. The molecule has 3 aliphatic rings. The maximum Gasteiger partial charge on any atom is 0.268 e. The lowest BCUT2D eigenvalue weighted by Gasteiger charge is -2.29. The molecule has 0 spiro atoms. The van der Waals surface area contributed by atoms with Gasteiger partial charge in [0.05, 0.1) is 30.0 Å². The molecule has 1 aliphatic carbocycles. The van der Waals surface area contributed by atoms with E-state index in [-0.39, 0.29) is 17.2 Å². The number of thiophene rings is 1. The number of nitrogens with zero attached hydrogens (tertiary/aromatic N) is 4. The van der Waals surface area contributed by atoms with Crippen molar-refractivity contribution in [1.29, 1.82) is 0 Å². The van der Waals surface area contributed by atoms with E-state index in [1.54, 1.807) is 0 Å². The third-order valence-electron chi connectivity index (χ3n) is 8.62. The van der Waals surface area contributed by atoms with Crippen LogP contribution in [-0.4, -0.2) is 67.6 Å². The van der Waals surface area contributed by atoms with Crippen molar-refractivity contribution < 1.29 is 14.3 Å². The monoisotopic (exact) mass is 558 g/mol. The van der Waals surface area contributed by atoms with E-state index in [9.17, 15) is 9.59 Å². The number of carbonyl (C=O) groups is 2. The van der Waals surface area contributed by atoms with Crippen LogP contribution < -0.4 is 9.80 Å². The van der Waals surface area contributed by atoms with Gasteiger partial charge in [-0.15, -0.1) is 11.3 Å². The number of hydrogen-bond donors (Lipinski definition) is 0. The number of amides is 2. The van der Waals surface area contributed by atoms with Crippen molar-refractivity contribution in [3.05, 3.63) is 75.6 Å². The number of pyridine rings is 1. The predicted molar refractivity (Wildman–Crippen MR) is 160 cm³/mol. The van der Waals surface area contributed by atoms with E-state index in [0.717, 1.165) is 53.7 Å². The highest BCUT2D eigenvalue weighted by Crippen LogP contribution is 2.52. The number of ether oxygens (including phenoxy) is 1. The number of morpholine rings is 1. The van der Waals surface area contributed by atoms with Gasteiger partial charge in [0, 0.05) is 38.3 Å². The first-order valence-electron chi connectivity index (χ1n) is 14.2. The summed E-state index contributed by atoms with van der Waals surface area (Å²) in [4.78, 5) is 38.5. The van der Waals surface area contributed by atoms with Crippen LogP contribution in [0.2, 0.25) is 0 Å². The van der Waals surface area contributed by atoms with Gasteiger partial charge >= 0.3 is 0 Å². The molecule has 8 heteroatoms. The van der Waals surface area contributed by atoms with Gasteiger partial charge < -0.3 is 19.4 Å². The first-order chi connectivity index (χ1) is 19.2. The number of hydrogen-bond acceptors (Lipinski definition) is 6. The minimum Gasteiger partial charge on any atom is -0.378 e. The van der Waals surface area contributed by atoms with Crippen molar-refractivity contribution in [2.45, 2.75) is 33.1 Å². The second-order valence-corrected chi connectivity index (χ2v) is 13.3. The minimum absolute atomic E-state index is 0.0240. The Hall–Kier alpha value is -3.23. The molecule has 0 bridgehead atoms. The zero-order valence-corrected chi connectivity index (χ0v) is 24.6. The van der Waals surface area contributed by atoms with Crippen molar-refractivity contribution in [2.75, 3.05) is 55.7 Å². The van der Waals surface area contributed by atoms with Gasteiger partial charge in [0.1, 0.15) is 5.82 Å². The summed E-state index contributed by atoms with van der Waals surface area (Å²) in [5.41, 5.74) is 3.97. The molecule has 3 aromatic rings. The summed E-state index contributed by atoms with van der Waals surface area (Å²) in [7, 11) is 0. The summed E-state index contributed by atoms with van der Waals surface area (Å²) < 4.78 is 5.47. The van der Waals surface area contributed by atoms with Gasteiger partial charge in [0.25, 0.3) is 11.8 Å². The molecule has 3 fully saturated rings. The number of anilines is 2. The van der Waals surface area contributed by atoms with E-state index in [0.29, 0.717) is 37.5 Å². The first-order valence-corrected chi connectivity index (χ1v) is 15.1. The second kappa shape index (κ2) is 10.6. The number of aryl methyl sites for hydroxylation is 1. The molecular weight excluding hydrogens is 520 g/mol. The molecule has 7 nitrogen and oxygen atoms in total. The quantitative estimate of drug-likeness (QED) is 0.414. The molecule has 2 saturated heterocycles. The molecule has 0 radical (unpaired) electrons. The number of benzene rings is 1. The molecule has 210 valence electrons. The Balaban J connectivity index is 1.14. The zero-order valence-electron chi connectivity index (χ0n) is 23.8. The van der Waals surface area contributed by atoms with E-state index in [1.165, 1.54) is 16.9 Å². The van der Waals surface area contributed by atoms with E-state index < -0.39 is 0 Å². The van der Waals surface area contributed by atoms with E-state index >= 15 is 0 Å². The lowest BCUT2D eigenvalue weighted by Crippen LogP contribution is -2.37. The third kappa shape index (κ3) is 5.39. The summed E-state index contributed by atoms with van der Waals surface area (Å²) in [6, 6.07) is 14.1. The van der Waals surface area contributed by atoms with Gasteiger partial charge in [-0.3, -0.25) is 9.59 Å². The van der Waals surface area contributed by atoms with Crippen molar-refractivity contribution in [2.24, 2.45) is 17.8 Å². The highest BCUT2D eigenvalue weighted by molar-refractivity contribution is 7.12. The Labute approximate surface area is 240 Å². The topological polar surface area (TPSA) is 66.0 Å². The van der Waals surface area contributed by atoms with Crippen LogP contribution in [-0.2, 0) is 10.2 Å². The lowest BCUT2D eigenvalue weighted by molar-refractivity contribution is 0.0766. The van der Waals surface area contributed by atoms with Crippen LogP contribution in [0.5, 0.6) is 0 Å². The van der Waals surface area contributed by atoms with Crippen molar-refractivity contribution in [3.8, 4) is 0 Å². The third-order valence-corrected chi connectivity index (χ3v) is 9.65. The van der Waals surface area contributed by atoms with E-state index in [4.69, 9.17) is 9.72 Å². The average molecular weight is 559 g/mol. The molecule has 1 aromatic carbocycles. The second-order valence-electron chi connectivity index (χ2n) is 12.4. The Morgan fingerprint density at radius 1 is 1.05 bits per heavy atom. The van der Waals surface area contributed by atoms with Gasteiger partial charge in [0.2, 0.25) is 0 Å². The molecule has 40 heavy (non-hydrogen) atoms. The maximum absolute atomic E-state index is 13.7. The fourth-order valence-electron chi connectivity index (χ4n) is 6.09. The number of fused-ring (bicyclic) bond motifs is 1. The Morgan fingerprint density at radius 2 is 1.75 bits per heavy atom. The zero-order chi connectivity index (χ0) is 28.0. The van der Waals surface area contributed by atoms with Gasteiger partial charge in [-0.1, -0.05) is 32.9 Å². The summed E-state index contributed by atoms with van der Waals surface area (Å²) in [6.45, 7) is 13.8. The largest absolute Gasteiger partial charge is 0.378 e. The predicted octanol–water partition coefficient (Wildman–Crippen LogP) is 5.25. The number of rotatable bonds is 6. The highest BCUT2D eigenvalue weighted by Gasteiger charge is 2.57. The summed E-state index contributed by atoms with van der Waals surface area (Å²) in [5, 5.41) is 2.02. The van der Waals surface area contributed by atoms with E-state index in [2.05, 4.69) is 37.8 Å². The van der Waals surface area contributed by atoms with Crippen LogP contribution in [0.1, 0.15) is 51.9 Å². The number of carbonyl (C=O) groups excluding carboxylic acids is 2. The minimum atomic E-state index is 0.0240. The maximum atomic E-state index is 13.7. The van der Waals surface area contributed by atoms with Crippen LogP contribution >= 0.6 is 11.3 Å². The summed E-state index contributed by atoms with van der Waals surface area (Å²) in [5.74, 6) is 2.29. The fraction of sp³-hybridized carbons (Fsp3) is 0.469. The first kappa shape index (κ1) is 27.0. The van der Waals surface area contributed by atoms with Gasteiger partial charge in [-0.05, 0) is 76.9 Å². The molecule has 6 rings (SSSR count). The van der Waals surface area contributed by atoms with Crippen LogP contribution in [0.15, 0.2) is 54.0 Å². The molecule has 0 N–H and O–H groups in total. The van der Waals surface area contributed by atoms with Crippen LogP contribution in [0.3, 0.4) is 0 Å². The summed E-state index contributed by atoms with van der Waals surface area (Å²) >= 11 is 1.49. The van der Waals surface area contributed by atoms with E-state index in [1.807, 2.05) is 58.6 Å². The normalized spacial score (nSPS) is 22.2. The highest BCUT2D eigenvalue weighted by atomic mass is 32.1. The molecular formula is C32H38N4O3S. The molecule has 1 saturated carbocycles. The summed E-state index contributed by atoms with van der Waals surface area (Å²) in [6.07, 6.45) is 1.83. The SMILES string of the molecule is Cc1csc(C(=O)N(CC2C3CN(C(=O)c4ccc(C(C)(C)C)cc4)CC32)c2ccc(N3CCOCC3)nc2)c1. The van der Waals surface area contributed by atoms with Crippen LogP contribution in [0, 0.1) is 24.7 Å².